The van der Waals surface area contributed by atoms with Gasteiger partial charge >= 0.3 is 0 Å². The van der Waals surface area contributed by atoms with Gasteiger partial charge in [-0.2, -0.15) is 0 Å². The Morgan fingerprint density at radius 2 is 2.23 bits per heavy atom. The predicted molar refractivity (Wildman–Crippen MR) is 57.5 cm³/mol. The van der Waals surface area contributed by atoms with Gasteiger partial charge in [0, 0.05) is 11.1 Å². The monoisotopic (exact) mass is 238 g/mol. The Morgan fingerprint density at radius 3 is 3.00 bits per heavy atom. The van der Waals surface area contributed by atoms with Crippen molar-refractivity contribution >= 4 is 22.0 Å². The Labute approximate surface area is 86.2 Å². The predicted octanol–water partition coefficient (Wildman–Crippen LogP) is 2.77. The smallest absolute Gasteiger partial charge is 0.0468 e. The van der Waals surface area contributed by atoms with Crippen LogP contribution in [0.4, 0.5) is 0 Å². The fourth-order valence-corrected chi connectivity index (χ4v) is 2.06. The van der Waals surface area contributed by atoms with E-state index in [-0.39, 0.29) is 6.61 Å². The molecule has 1 nitrogen and oxygen atoms in total. The lowest BCUT2D eigenvalue weighted by Gasteiger charge is -1.98. The summed E-state index contributed by atoms with van der Waals surface area (Å²) in [5.41, 5.74) is 3.99. The first-order valence-electron chi connectivity index (χ1n) is 4.38. The summed E-state index contributed by atoms with van der Waals surface area (Å²) in [7, 11) is 0. The Kier molecular flexibility index (Phi) is 2.51. The fourth-order valence-electron chi connectivity index (χ4n) is 1.68. The van der Waals surface area contributed by atoms with Crippen LogP contribution in [-0.4, -0.2) is 11.7 Å². The maximum Gasteiger partial charge on any atom is 0.0468 e. The Balaban J connectivity index is 2.27. The summed E-state index contributed by atoms with van der Waals surface area (Å²) in [5, 5.41) is 8.81. The summed E-state index contributed by atoms with van der Waals surface area (Å²) in [5.74, 6) is 0. The van der Waals surface area contributed by atoms with Crippen molar-refractivity contribution in [3.05, 3.63) is 39.4 Å². The first kappa shape index (κ1) is 8.97. The molecule has 0 aliphatic heterocycles. The summed E-state index contributed by atoms with van der Waals surface area (Å²) in [6.07, 6.45) is 3.98. The van der Waals surface area contributed by atoms with Gasteiger partial charge in [0.05, 0.1) is 0 Å². The molecule has 68 valence electrons. The van der Waals surface area contributed by atoms with Crippen molar-refractivity contribution in [2.45, 2.75) is 12.8 Å². The van der Waals surface area contributed by atoms with Crippen molar-refractivity contribution in [3.8, 4) is 0 Å². The molecule has 0 aromatic heterocycles. The third-order valence-corrected chi connectivity index (χ3v) is 2.81. The van der Waals surface area contributed by atoms with Gasteiger partial charge in [-0.1, -0.05) is 33.6 Å². The highest BCUT2D eigenvalue weighted by molar-refractivity contribution is 9.10. The van der Waals surface area contributed by atoms with E-state index in [2.05, 4.69) is 40.2 Å². The highest BCUT2D eigenvalue weighted by Gasteiger charge is 2.11. The van der Waals surface area contributed by atoms with Crippen molar-refractivity contribution in [3.63, 3.8) is 0 Å². The van der Waals surface area contributed by atoms with Crippen LogP contribution in [0.1, 0.15) is 17.5 Å². The third kappa shape index (κ3) is 1.84. The number of hydrogen-bond donors (Lipinski definition) is 1. The summed E-state index contributed by atoms with van der Waals surface area (Å²) in [6.45, 7) is 0.251. The molecule has 1 aliphatic carbocycles. The lowest BCUT2D eigenvalue weighted by atomic mass is 10.1. The molecule has 1 N–H and O–H groups in total. The van der Waals surface area contributed by atoms with Crippen molar-refractivity contribution in [2.75, 3.05) is 6.61 Å². The Morgan fingerprint density at radius 1 is 1.38 bits per heavy atom. The maximum atomic E-state index is 8.81. The van der Waals surface area contributed by atoms with E-state index >= 15 is 0 Å². The molecule has 2 rings (SSSR count). The van der Waals surface area contributed by atoms with E-state index < -0.39 is 0 Å². The van der Waals surface area contributed by atoms with Crippen LogP contribution in [0.15, 0.2) is 28.2 Å². The van der Waals surface area contributed by atoms with Gasteiger partial charge in [0.1, 0.15) is 0 Å². The van der Waals surface area contributed by atoms with Crippen LogP contribution >= 0.6 is 15.9 Å². The lowest BCUT2D eigenvalue weighted by Crippen LogP contribution is -1.88. The van der Waals surface area contributed by atoms with Crippen LogP contribution in [0.2, 0.25) is 0 Å². The molecule has 0 saturated carbocycles. The van der Waals surface area contributed by atoms with Crippen LogP contribution in [-0.2, 0) is 6.42 Å². The molecule has 0 saturated heterocycles. The molecule has 2 heteroatoms. The van der Waals surface area contributed by atoms with Gasteiger partial charge in [-0.05, 0) is 36.1 Å². The summed E-state index contributed by atoms with van der Waals surface area (Å²) in [6, 6.07) is 6.33. The first-order chi connectivity index (χ1) is 6.29. The van der Waals surface area contributed by atoms with E-state index in [0.717, 1.165) is 17.3 Å². The van der Waals surface area contributed by atoms with Gasteiger partial charge in [0.2, 0.25) is 0 Å². The molecular weight excluding hydrogens is 228 g/mol. The second kappa shape index (κ2) is 3.64. The molecular formula is C11H11BrO. The highest BCUT2D eigenvalue weighted by Crippen LogP contribution is 2.28. The molecule has 0 amide bonds. The van der Waals surface area contributed by atoms with Gasteiger partial charge in [0.15, 0.2) is 0 Å². The molecule has 0 fully saturated rings. The zero-order chi connectivity index (χ0) is 9.26. The standard InChI is InChI=1S/C11H11BrO/c12-11-2-1-9-5-8(3-4-13)6-10(9)7-11/h1-2,6-7,13H,3-5H2. The molecule has 1 aliphatic rings. The zero-order valence-electron chi connectivity index (χ0n) is 7.26. The molecule has 1 aromatic rings. The number of halogens is 1. The summed E-state index contributed by atoms with van der Waals surface area (Å²) >= 11 is 3.45. The quantitative estimate of drug-likeness (QED) is 0.841. The van der Waals surface area contributed by atoms with Gasteiger partial charge in [-0.15, -0.1) is 0 Å². The number of fused-ring (bicyclic) bond motifs is 1. The number of aliphatic hydroxyl groups excluding tert-OH is 1. The summed E-state index contributed by atoms with van der Waals surface area (Å²) in [4.78, 5) is 0. The second-order valence-corrected chi connectivity index (χ2v) is 4.21. The van der Waals surface area contributed by atoms with E-state index in [1.165, 1.54) is 16.7 Å². The minimum Gasteiger partial charge on any atom is -0.396 e. The average molecular weight is 239 g/mol. The van der Waals surface area contributed by atoms with E-state index in [4.69, 9.17) is 5.11 Å². The van der Waals surface area contributed by atoms with E-state index in [1.54, 1.807) is 0 Å². The fraction of sp³-hybridized carbons (Fsp3) is 0.273. The van der Waals surface area contributed by atoms with Crippen molar-refractivity contribution in [2.24, 2.45) is 0 Å². The minimum absolute atomic E-state index is 0.251. The number of benzene rings is 1. The van der Waals surface area contributed by atoms with Crippen LogP contribution in [0.5, 0.6) is 0 Å². The zero-order valence-corrected chi connectivity index (χ0v) is 8.84. The highest BCUT2D eigenvalue weighted by atomic mass is 79.9. The third-order valence-electron chi connectivity index (χ3n) is 2.32. The van der Waals surface area contributed by atoms with Crippen molar-refractivity contribution < 1.29 is 5.11 Å². The van der Waals surface area contributed by atoms with Crippen LogP contribution in [0, 0.1) is 0 Å². The van der Waals surface area contributed by atoms with Gasteiger partial charge in [0.25, 0.3) is 0 Å². The van der Waals surface area contributed by atoms with E-state index in [0.29, 0.717) is 0 Å². The van der Waals surface area contributed by atoms with Crippen LogP contribution in [0.3, 0.4) is 0 Å². The molecule has 1 aromatic carbocycles. The molecule has 0 heterocycles. The van der Waals surface area contributed by atoms with Crippen LogP contribution in [0.25, 0.3) is 6.08 Å². The first-order valence-corrected chi connectivity index (χ1v) is 5.17. The largest absolute Gasteiger partial charge is 0.396 e. The minimum atomic E-state index is 0.251. The molecule has 0 spiro atoms. The molecule has 13 heavy (non-hydrogen) atoms. The lowest BCUT2D eigenvalue weighted by molar-refractivity contribution is 0.299. The molecule has 0 unspecified atom stereocenters. The summed E-state index contributed by atoms with van der Waals surface area (Å²) < 4.78 is 1.12. The van der Waals surface area contributed by atoms with Gasteiger partial charge in [-0.3, -0.25) is 0 Å². The van der Waals surface area contributed by atoms with Crippen molar-refractivity contribution in [1.82, 2.24) is 0 Å². The Bertz CT molecular complexity index is 355. The van der Waals surface area contributed by atoms with E-state index in [9.17, 15) is 0 Å². The number of hydrogen-bond acceptors (Lipinski definition) is 1. The topological polar surface area (TPSA) is 20.2 Å². The van der Waals surface area contributed by atoms with Crippen molar-refractivity contribution in [1.29, 1.82) is 0 Å². The number of aliphatic hydroxyl groups is 1. The number of rotatable bonds is 2. The maximum absolute atomic E-state index is 8.81. The Hall–Kier alpha value is -0.600. The molecule has 0 atom stereocenters. The van der Waals surface area contributed by atoms with E-state index in [1.807, 2.05) is 0 Å². The van der Waals surface area contributed by atoms with Crippen LogP contribution < -0.4 is 0 Å². The average Bonchev–Trinajstić information content (AvgIpc) is 2.46. The SMILES string of the molecule is OCCC1=Cc2cc(Br)ccc2C1. The normalized spacial score (nSPS) is 14.2. The van der Waals surface area contributed by atoms with Gasteiger partial charge in [-0.25, -0.2) is 0 Å². The molecule has 0 bridgehead atoms. The molecule has 0 radical (unpaired) electrons. The second-order valence-electron chi connectivity index (χ2n) is 3.30. The van der Waals surface area contributed by atoms with Gasteiger partial charge < -0.3 is 5.11 Å².